The van der Waals surface area contributed by atoms with Crippen molar-refractivity contribution in [2.45, 2.75) is 65.1 Å². The molecule has 0 saturated heterocycles. The molecule has 0 heterocycles. The maximum Gasteiger partial charge on any atom is 0.242 e. The van der Waals surface area contributed by atoms with E-state index in [2.05, 4.69) is 29.6 Å². The first-order valence-corrected chi connectivity index (χ1v) is 11.9. The van der Waals surface area contributed by atoms with Crippen LogP contribution in [0.1, 0.15) is 62.3 Å². The fraction of sp³-hybridized carbons (Fsp3) is 0.333. The first kappa shape index (κ1) is 25.2. The summed E-state index contributed by atoms with van der Waals surface area (Å²) in [6.45, 7) is 10.1. The molecule has 4 heteroatoms. The van der Waals surface area contributed by atoms with Crippen molar-refractivity contribution < 1.29 is 9.59 Å². The highest BCUT2D eigenvalue weighted by molar-refractivity contribution is 5.88. The fourth-order valence-corrected chi connectivity index (χ4v) is 4.04. The standard InChI is InChI=1S/C30H36N2O2/c1-22-16-18-24(19-17-22)21-32(23(2)29(34)31-30(3,4)5)28(33)20-27(25-12-8-6-9-13-25)26-14-10-7-11-15-26/h6-19,23,27H,20-21H2,1-5H3,(H,31,34). The van der Waals surface area contributed by atoms with Gasteiger partial charge in [-0.15, -0.1) is 0 Å². The SMILES string of the molecule is Cc1ccc(CN(C(=O)CC(c2ccccc2)c2ccccc2)C(C)C(=O)NC(C)(C)C)cc1. The Bertz CT molecular complexity index is 1030. The summed E-state index contributed by atoms with van der Waals surface area (Å²) in [7, 11) is 0. The first-order chi connectivity index (χ1) is 16.1. The van der Waals surface area contributed by atoms with Crippen molar-refractivity contribution in [1.82, 2.24) is 10.2 Å². The molecule has 0 radical (unpaired) electrons. The van der Waals surface area contributed by atoms with Gasteiger partial charge in [0.1, 0.15) is 6.04 Å². The number of hydrogen-bond donors (Lipinski definition) is 1. The van der Waals surface area contributed by atoms with Gasteiger partial charge in [0.25, 0.3) is 0 Å². The second kappa shape index (κ2) is 11.1. The van der Waals surface area contributed by atoms with Gasteiger partial charge in [-0.05, 0) is 51.3 Å². The van der Waals surface area contributed by atoms with E-state index in [0.29, 0.717) is 6.54 Å². The van der Waals surface area contributed by atoms with Crippen LogP contribution >= 0.6 is 0 Å². The van der Waals surface area contributed by atoms with Crippen LogP contribution in [0.25, 0.3) is 0 Å². The number of rotatable bonds is 8. The molecule has 1 atom stereocenters. The molecule has 0 spiro atoms. The normalized spacial score (nSPS) is 12.3. The Morgan fingerprint density at radius 2 is 1.32 bits per heavy atom. The van der Waals surface area contributed by atoms with Crippen LogP contribution < -0.4 is 5.32 Å². The van der Waals surface area contributed by atoms with E-state index in [1.165, 1.54) is 0 Å². The molecule has 0 aromatic heterocycles. The van der Waals surface area contributed by atoms with Gasteiger partial charge in [-0.1, -0.05) is 90.5 Å². The summed E-state index contributed by atoms with van der Waals surface area (Å²) in [4.78, 5) is 28.6. The summed E-state index contributed by atoms with van der Waals surface area (Å²) < 4.78 is 0. The molecule has 3 rings (SSSR count). The van der Waals surface area contributed by atoms with Crippen LogP contribution in [0.3, 0.4) is 0 Å². The molecule has 3 aromatic carbocycles. The van der Waals surface area contributed by atoms with Crippen LogP contribution in [0.5, 0.6) is 0 Å². The lowest BCUT2D eigenvalue weighted by Gasteiger charge is -2.32. The molecule has 0 bridgehead atoms. The second-order valence-electron chi connectivity index (χ2n) is 10.0. The number of aryl methyl sites for hydroxylation is 1. The monoisotopic (exact) mass is 456 g/mol. The third-order valence-corrected chi connectivity index (χ3v) is 5.92. The third kappa shape index (κ3) is 7.05. The van der Waals surface area contributed by atoms with Gasteiger partial charge in [0.05, 0.1) is 0 Å². The molecule has 178 valence electrons. The Hall–Kier alpha value is -3.40. The number of benzene rings is 3. The quantitative estimate of drug-likeness (QED) is 0.462. The second-order valence-corrected chi connectivity index (χ2v) is 10.0. The Morgan fingerprint density at radius 1 is 0.824 bits per heavy atom. The lowest BCUT2D eigenvalue weighted by molar-refractivity contribution is -0.141. The molecular formula is C30H36N2O2. The minimum atomic E-state index is -0.597. The molecule has 34 heavy (non-hydrogen) atoms. The number of nitrogens with one attached hydrogen (secondary N) is 1. The van der Waals surface area contributed by atoms with E-state index in [-0.39, 0.29) is 29.7 Å². The maximum atomic E-state index is 13.8. The van der Waals surface area contributed by atoms with Crippen molar-refractivity contribution in [3.05, 3.63) is 107 Å². The van der Waals surface area contributed by atoms with Gasteiger partial charge in [0.15, 0.2) is 0 Å². The lowest BCUT2D eigenvalue weighted by Crippen LogP contribution is -2.52. The molecule has 2 amide bonds. The van der Waals surface area contributed by atoms with Crippen molar-refractivity contribution in [3.8, 4) is 0 Å². The highest BCUT2D eigenvalue weighted by Gasteiger charge is 2.30. The van der Waals surface area contributed by atoms with Crippen molar-refractivity contribution in [1.29, 1.82) is 0 Å². The van der Waals surface area contributed by atoms with Crippen LogP contribution in [0, 0.1) is 6.92 Å². The molecular weight excluding hydrogens is 420 g/mol. The molecule has 3 aromatic rings. The smallest absolute Gasteiger partial charge is 0.242 e. The summed E-state index contributed by atoms with van der Waals surface area (Å²) in [5.74, 6) is -0.285. The topological polar surface area (TPSA) is 49.4 Å². The molecule has 4 nitrogen and oxygen atoms in total. The van der Waals surface area contributed by atoms with E-state index in [1.54, 1.807) is 4.90 Å². The summed E-state index contributed by atoms with van der Waals surface area (Å²) in [5.41, 5.74) is 3.97. The zero-order valence-electron chi connectivity index (χ0n) is 20.9. The predicted molar refractivity (Wildman–Crippen MR) is 138 cm³/mol. The average molecular weight is 457 g/mol. The van der Waals surface area contributed by atoms with Gasteiger partial charge in [-0.25, -0.2) is 0 Å². The van der Waals surface area contributed by atoms with Crippen LogP contribution in [-0.2, 0) is 16.1 Å². The van der Waals surface area contributed by atoms with Gasteiger partial charge < -0.3 is 10.2 Å². The minimum Gasteiger partial charge on any atom is -0.350 e. The van der Waals surface area contributed by atoms with E-state index in [0.717, 1.165) is 22.3 Å². The Labute approximate surface area is 204 Å². The van der Waals surface area contributed by atoms with E-state index in [9.17, 15) is 9.59 Å². The summed E-state index contributed by atoms with van der Waals surface area (Å²) in [5, 5.41) is 3.03. The largest absolute Gasteiger partial charge is 0.350 e. The average Bonchev–Trinajstić information content (AvgIpc) is 2.81. The third-order valence-electron chi connectivity index (χ3n) is 5.92. The molecule has 1 N–H and O–H groups in total. The molecule has 0 aliphatic heterocycles. The van der Waals surface area contributed by atoms with Gasteiger partial charge in [-0.2, -0.15) is 0 Å². The van der Waals surface area contributed by atoms with Gasteiger partial charge in [0.2, 0.25) is 11.8 Å². The summed E-state index contributed by atoms with van der Waals surface area (Å²) in [6, 6.07) is 27.7. The fourth-order valence-electron chi connectivity index (χ4n) is 4.04. The summed E-state index contributed by atoms with van der Waals surface area (Å²) in [6.07, 6.45) is 0.285. The van der Waals surface area contributed by atoms with E-state index in [4.69, 9.17) is 0 Å². The molecule has 0 aliphatic rings. The summed E-state index contributed by atoms with van der Waals surface area (Å²) >= 11 is 0. The Morgan fingerprint density at radius 3 is 1.79 bits per heavy atom. The van der Waals surface area contributed by atoms with E-state index >= 15 is 0 Å². The molecule has 0 aliphatic carbocycles. The Balaban J connectivity index is 1.92. The zero-order valence-corrected chi connectivity index (χ0v) is 20.9. The van der Waals surface area contributed by atoms with E-state index < -0.39 is 6.04 Å². The maximum absolute atomic E-state index is 13.8. The predicted octanol–water partition coefficient (Wildman–Crippen LogP) is 5.85. The zero-order chi connectivity index (χ0) is 24.7. The Kier molecular flexibility index (Phi) is 8.27. The molecule has 1 unspecified atom stereocenters. The van der Waals surface area contributed by atoms with Crippen LogP contribution in [0.4, 0.5) is 0 Å². The minimum absolute atomic E-state index is 0.0464. The number of amides is 2. The van der Waals surface area contributed by atoms with Crippen molar-refractivity contribution in [2.75, 3.05) is 0 Å². The van der Waals surface area contributed by atoms with Crippen LogP contribution in [-0.4, -0.2) is 28.3 Å². The van der Waals surface area contributed by atoms with Crippen molar-refractivity contribution in [2.24, 2.45) is 0 Å². The highest BCUT2D eigenvalue weighted by atomic mass is 16.2. The van der Waals surface area contributed by atoms with Crippen molar-refractivity contribution >= 4 is 11.8 Å². The number of carbonyl (C=O) groups excluding carboxylic acids is 2. The first-order valence-electron chi connectivity index (χ1n) is 11.9. The lowest BCUT2D eigenvalue weighted by atomic mass is 9.88. The van der Waals surface area contributed by atoms with Gasteiger partial charge in [-0.3, -0.25) is 9.59 Å². The van der Waals surface area contributed by atoms with Crippen LogP contribution in [0.2, 0.25) is 0 Å². The van der Waals surface area contributed by atoms with Gasteiger partial charge in [0, 0.05) is 24.4 Å². The number of nitrogens with zero attached hydrogens (tertiary/aromatic N) is 1. The number of carbonyl (C=O) groups is 2. The highest BCUT2D eigenvalue weighted by Crippen LogP contribution is 2.29. The van der Waals surface area contributed by atoms with Crippen molar-refractivity contribution in [3.63, 3.8) is 0 Å². The molecule has 0 saturated carbocycles. The van der Waals surface area contributed by atoms with Crippen LogP contribution in [0.15, 0.2) is 84.9 Å². The molecule has 0 fully saturated rings. The van der Waals surface area contributed by atoms with Gasteiger partial charge >= 0.3 is 0 Å². The number of hydrogen-bond acceptors (Lipinski definition) is 2. The van der Waals surface area contributed by atoms with E-state index in [1.807, 2.05) is 95.3 Å².